The third kappa shape index (κ3) is 4.69. The number of aromatic nitrogens is 2. The van der Waals surface area contributed by atoms with E-state index in [1.807, 2.05) is 6.92 Å². The van der Waals surface area contributed by atoms with Crippen molar-refractivity contribution in [3.8, 4) is 17.6 Å². The summed E-state index contributed by atoms with van der Waals surface area (Å²) in [6.07, 6.45) is 5.63. The zero-order valence-electron chi connectivity index (χ0n) is 16.7. The Morgan fingerprint density at radius 3 is 2.79 bits per heavy atom. The molecule has 5 heteroatoms. The Balaban J connectivity index is 1.91. The van der Waals surface area contributed by atoms with Crippen LogP contribution in [0.1, 0.15) is 68.0 Å². The Labute approximate surface area is 166 Å². The maximum atomic E-state index is 10.9. The maximum Gasteiger partial charge on any atom is 0.303 e. The second-order valence-electron chi connectivity index (χ2n) is 7.86. The van der Waals surface area contributed by atoms with Gasteiger partial charge in [-0.3, -0.25) is 4.79 Å². The van der Waals surface area contributed by atoms with Crippen LogP contribution in [0.5, 0.6) is 5.75 Å². The van der Waals surface area contributed by atoms with Gasteiger partial charge >= 0.3 is 5.97 Å². The third-order valence-corrected chi connectivity index (χ3v) is 5.20. The number of aryl methyl sites for hydroxylation is 1. The number of ether oxygens (including phenoxy) is 1. The van der Waals surface area contributed by atoms with E-state index in [0.717, 1.165) is 29.9 Å². The molecule has 0 amide bonds. The van der Waals surface area contributed by atoms with E-state index in [1.54, 1.807) is 18.5 Å². The standard InChI is InChI=1S/C23H26N2O3/c1-16-14-20-19(23(2,3)10-13-28-20)15-18(16)9-8-17(6-4-7-21(26)27)22-24-11-5-12-25-22/h5,11-12,14-15,17H,4,6-7,10,13H2,1-3H3,(H,26,27). The Bertz CT molecular complexity index is 911. The van der Waals surface area contributed by atoms with Gasteiger partial charge in [-0.25, -0.2) is 9.97 Å². The van der Waals surface area contributed by atoms with Crippen LogP contribution in [0.3, 0.4) is 0 Å². The first-order valence-electron chi connectivity index (χ1n) is 9.65. The predicted molar refractivity (Wildman–Crippen MR) is 107 cm³/mol. The van der Waals surface area contributed by atoms with Crippen molar-refractivity contribution in [1.82, 2.24) is 9.97 Å². The van der Waals surface area contributed by atoms with Crippen molar-refractivity contribution in [3.63, 3.8) is 0 Å². The average molecular weight is 378 g/mol. The fraction of sp³-hybridized carbons (Fsp3) is 0.435. The fourth-order valence-corrected chi connectivity index (χ4v) is 3.39. The SMILES string of the molecule is Cc1cc2c(cc1C#CC(CCCC(=O)O)c1ncccn1)C(C)(C)CCO2. The Kier molecular flexibility index (Phi) is 5.99. The molecule has 1 atom stereocenters. The minimum Gasteiger partial charge on any atom is -0.493 e. The average Bonchev–Trinajstić information content (AvgIpc) is 2.65. The number of carboxylic acids is 1. The summed E-state index contributed by atoms with van der Waals surface area (Å²) in [5, 5.41) is 8.92. The van der Waals surface area contributed by atoms with Crippen LogP contribution in [0.4, 0.5) is 0 Å². The van der Waals surface area contributed by atoms with Gasteiger partial charge in [-0.05, 0) is 55.4 Å². The molecule has 0 aliphatic carbocycles. The van der Waals surface area contributed by atoms with Gasteiger partial charge in [0.25, 0.3) is 0 Å². The highest BCUT2D eigenvalue weighted by Gasteiger charge is 2.29. The smallest absolute Gasteiger partial charge is 0.303 e. The molecule has 0 saturated heterocycles. The van der Waals surface area contributed by atoms with Crippen molar-refractivity contribution in [2.45, 2.75) is 57.8 Å². The first kappa shape index (κ1) is 19.9. The Morgan fingerprint density at radius 1 is 1.32 bits per heavy atom. The first-order chi connectivity index (χ1) is 13.4. The van der Waals surface area contributed by atoms with Gasteiger partial charge in [0.2, 0.25) is 0 Å². The highest BCUT2D eigenvalue weighted by molar-refractivity contribution is 5.66. The zero-order valence-corrected chi connectivity index (χ0v) is 16.7. The number of nitrogens with zero attached hydrogens (tertiary/aromatic N) is 2. The number of carboxylic acid groups (broad SMARTS) is 1. The van der Waals surface area contributed by atoms with Gasteiger partial charge in [0, 0.05) is 29.9 Å². The topological polar surface area (TPSA) is 72.3 Å². The van der Waals surface area contributed by atoms with E-state index in [0.29, 0.717) is 18.7 Å². The van der Waals surface area contributed by atoms with E-state index in [2.05, 4.69) is 47.8 Å². The molecule has 0 saturated carbocycles. The number of aliphatic carboxylic acids is 1. The number of benzene rings is 1. The molecular formula is C23H26N2O3. The van der Waals surface area contributed by atoms with Crippen molar-refractivity contribution in [2.24, 2.45) is 0 Å². The Morgan fingerprint density at radius 2 is 2.07 bits per heavy atom. The van der Waals surface area contributed by atoms with Crippen molar-refractivity contribution in [1.29, 1.82) is 0 Å². The number of carbonyl (C=O) groups is 1. The number of hydrogen-bond acceptors (Lipinski definition) is 4. The second kappa shape index (κ2) is 8.43. The molecule has 1 aromatic heterocycles. The largest absolute Gasteiger partial charge is 0.493 e. The molecule has 1 aromatic carbocycles. The number of rotatable bonds is 5. The van der Waals surface area contributed by atoms with Crippen LogP contribution in [0, 0.1) is 18.8 Å². The van der Waals surface area contributed by atoms with Crippen molar-refractivity contribution >= 4 is 5.97 Å². The molecule has 0 bridgehead atoms. The maximum absolute atomic E-state index is 10.9. The molecule has 0 fully saturated rings. The summed E-state index contributed by atoms with van der Waals surface area (Å²) in [6, 6.07) is 5.97. The van der Waals surface area contributed by atoms with Crippen LogP contribution in [0.25, 0.3) is 0 Å². The third-order valence-electron chi connectivity index (χ3n) is 5.20. The van der Waals surface area contributed by atoms with Crippen LogP contribution in [0.15, 0.2) is 30.6 Å². The fourth-order valence-electron chi connectivity index (χ4n) is 3.39. The van der Waals surface area contributed by atoms with E-state index in [-0.39, 0.29) is 17.8 Å². The van der Waals surface area contributed by atoms with Gasteiger partial charge < -0.3 is 9.84 Å². The van der Waals surface area contributed by atoms with Crippen LogP contribution in [0.2, 0.25) is 0 Å². The molecule has 3 rings (SSSR count). The van der Waals surface area contributed by atoms with E-state index in [9.17, 15) is 4.79 Å². The molecule has 0 spiro atoms. The zero-order chi connectivity index (χ0) is 20.1. The highest BCUT2D eigenvalue weighted by atomic mass is 16.5. The van der Waals surface area contributed by atoms with Crippen molar-refractivity contribution in [2.75, 3.05) is 6.61 Å². The lowest BCUT2D eigenvalue weighted by Gasteiger charge is -2.33. The molecule has 5 nitrogen and oxygen atoms in total. The van der Waals surface area contributed by atoms with Gasteiger partial charge in [-0.15, -0.1) is 0 Å². The van der Waals surface area contributed by atoms with Gasteiger partial charge in [0.1, 0.15) is 11.6 Å². The summed E-state index contributed by atoms with van der Waals surface area (Å²) in [4.78, 5) is 19.5. The van der Waals surface area contributed by atoms with Gasteiger partial charge in [0.05, 0.1) is 12.5 Å². The van der Waals surface area contributed by atoms with Crippen molar-refractivity contribution in [3.05, 3.63) is 53.1 Å². The molecule has 1 aliphatic rings. The summed E-state index contributed by atoms with van der Waals surface area (Å²) in [7, 11) is 0. The lowest BCUT2D eigenvalue weighted by Crippen LogP contribution is -2.26. The van der Waals surface area contributed by atoms with Crippen LogP contribution in [-0.4, -0.2) is 27.7 Å². The van der Waals surface area contributed by atoms with E-state index >= 15 is 0 Å². The predicted octanol–water partition coefficient (Wildman–Crippen LogP) is 4.24. The minimum atomic E-state index is -0.798. The highest BCUT2D eigenvalue weighted by Crippen LogP contribution is 2.39. The summed E-state index contributed by atoms with van der Waals surface area (Å²) in [6.45, 7) is 7.23. The summed E-state index contributed by atoms with van der Waals surface area (Å²) in [5.74, 6) is 7.19. The van der Waals surface area contributed by atoms with Crippen LogP contribution in [-0.2, 0) is 10.2 Å². The molecule has 146 valence electrons. The molecule has 1 N–H and O–H groups in total. The van der Waals surface area contributed by atoms with Crippen LogP contribution >= 0.6 is 0 Å². The molecule has 0 radical (unpaired) electrons. The normalized spacial score (nSPS) is 15.5. The van der Waals surface area contributed by atoms with Gasteiger partial charge in [0.15, 0.2) is 0 Å². The van der Waals surface area contributed by atoms with Crippen molar-refractivity contribution < 1.29 is 14.6 Å². The van der Waals surface area contributed by atoms with Gasteiger partial charge in [-0.1, -0.05) is 25.7 Å². The lowest BCUT2D eigenvalue weighted by molar-refractivity contribution is -0.137. The molecule has 2 heterocycles. The second-order valence-corrected chi connectivity index (χ2v) is 7.86. The van der Waals surface area contributed by atoms with E-state index in [1.165, 1.54) is 5.56 Å². The van der Waals surface area contributed by atoms with E-state index < -0.39 is 5.97 Å². The van der Waals surface area contributed by atoms with Gasteiger partial charge in [-0.2, -0.15) is 0 Å². The molecule has 28 heavy (non-hydrogen) atoms. The van der Waals surface area contributed by atoms with Crippen LogP contribution < -0.4 is 4.74 Å². The first-order valence-corrected chi connectivity index (χ1v) is 9.65. The minimum absolute atomic E-state index is 0.0567. The molecule has 1 aliphatic heterocycles. The molecular weight excluding hydrogens is 352 g/mol. The number of hydrogen-bond donors (Lipinski definition) is 1. The lowest BCUT2D eigenvalue weighted by atomic mass is 9.78. The summed E-state index contributed by atoms with van der Waals surface area (Å²) < 4.78 is 5.84. The number of fused-ring (bicyclic) bond motifs is 1. The molecule has 2 aromatic rings. The quantitative estimate of drug-likeness (QED) is 0.788. The summed E-state index contributed by atoms with van der Waals surface area (Å²) in [5.41, 5.74) is 3.28. The monoisotopic (exact) mass is 378 g/mol. The molecule has 1 unspecified atom stereocenters. The Hall–Kier alpha value is -2.87. The van der Waals surface area contributed by atoms with E-state index in [4.69, 9.17) is 9.84 Å². The summed E-state index contributed by atoms with van der Waals surface area (Å²) >= 11 is 0.